The van der Waals surface area contributed by atoms with Gasteiger partial charge in [0.05, 0.1) is 0 Å². The molecule has 2 N–H and O–H groups in total. The molecule has 0 radical (unpaired) electrons. The zero-order valence-electron chi connectivity index (χ0n) is 6.54. The molecule has 0 bridgehead atoms. The van der Waals surface area contributed by atoms with Crippen molar-refractivity contribution < 1.29 is 9.90 Å². The average Bonchev–Trinajstić information content (AvgIpc) is 1.97. The minimum Gasteiger partial charge on any atom is -0.480 e. The highest BCUT2D eigenvalue weighted by atomic mass is 32.2. The average molecular weight is 175 g/mol. The van der Waals surface area contributed by atoms with E-state index in [0.717, 1.165) is 5.75 Å². The van der Waals surface area contributed by atoms with Crippen LogP contribution in [0.5, 0.6) is 0 Å². The minimum atomic E-state index is -0.820. The standard InChI is InChI=1S/C7H13NO2S/c1-3-8-6(7(9)10)4-5-11-2/h3,6,8H,1,4-5H2,2H3,(H,9,10)/t6-/m0/s1. The maximum atomic E-state index is 10.5. The summed E-state index contributed by atoms with van der Waals surface area (Å²) in [6, 6.07) is -0.486. The quantitative estimate of drug-likeness (QED) is 0.630. The fourth-order valence-corrected chi connectivity index (χ4v) is 1.13. The molecule has 1 atom stereocenters. The molecule has 0 aromatic carbocycles. The van der Waals surface area contributed by atoms with Crippen molar-refractivity contribution in [3.05, 3.63) is 12.8 Å². The number of carboxylic acid groups (broad SMARTS) is 1. The molecule has 0 aromatic rings. The first-order valence-electron chi connectivity index (χ1n) is 3.31. The lowest BCUT2D eigenvalue weighted by Gasteiger charge is -2.10. The van der Waals surface area contributed by atoms with Crippen molar-refractivity contribution in [2.45, 2.75) is 12.5 Å². The number of carbonyl (C=O) groups is 1. The second kappa shape index (κ2) is 6.09. The first kappa shape index (κ1) is 10.4. The molecule has 0 fully saturated rings. The Labute approximate surface area is 70.9 Å². The monoisotopic (exact) mass is 175 g/mol. The van der Waals surface area contributed by atoms with E-state index < -0.39 is 12.0 Å². The molecule has 0 rings (SSSR count). The van der Waals surface area contributed by atoms with E-state index in [1.54, 1.807) is 11.8 Å². The summed E-state index contributed by atoms with van der Waals surface area (Å²) in [6.07, 6.45) is 3.99. The summed E-state index contributed by atoms with van der Waals surface area (Å²) < 4.78 is 0. The van der Waals surface area contributed by atoms with Crippen molar-refractivity contribution in [3.8, 4) is 0 Å². The Morgan fingerprint density at radius 3 is 2.91 bits per heavy atom. The van der Waals surface area contributed by atoms with E-state index in [1.165, 1.54) is 6.20 Å². The van der Waals surface area contributed by atoms with Gasteiger partial charge in [0.25, 0.3) is 0 Å². The molecule has 3 nitrogen and oxygen atoms in total. The molecule has 4 heteroatoms. The number of thioether (sulfide) groups is 1. The summed E-state index contributed by atoms with van der Waals surface area (Å²) in [5.74, 6) is 0.0246. The molecule has 0 unspecified atom stereocenters. The molecule has 0 aliphatic carbocycles. The fourth-order valence-electron chi connectivity index (χ4n) is 0.656. The highest BCUT2D eigenvalue weighted by Crippen LogP contribution is 2.00. The lowest BCUT2D eigenvalue weighted by molar-refractivity contribution is -0.139. The van der Waals surface area contributed by atoms with Gasteiger partial charge in [-0.1, -0.05) is 6.58 Å². The minimum absolute atomic E-state index is 0.486. The zero-order chi connectivity index (χ0) is 8.69. The maximum absolute atomic E-state index is 10.5. The van der Waals surface area contributed by atoms with Crippen LogP contribution in [0.2, 0.25) is 0 Å². The van der Waals surface area contributed by atoms with Crippen LogP contribution in [-0.4, -0.2) is 29.1 Å². The SMILES string of the molecule is C=CN[C@@H](CCSC)C(=O)O. The van der Waals surface area contributed by atoms with E-state index in [-0.39, 0.29) is 0 Å². The molecule has 0 aliphatic heterocycles. The van der Waals surface area contributed by atoms with Crippen molar-refractivity contribution >= 4 is 17.7 Å². The molecular formula is C7H13NO2S. The van der Waals surface area contributed by atoms with Gasteiger partial charge in [0, 0.05) is 0 Å². The first-order chi connectivity index (χ1) is 5.22. The van der Waals surface area contributed by atoms with Gasteiger partial charge in [-0.05, 0) is 24.6 Å². The normalized spacial score (nSPS) is 12.1. The molecule has 0 saturated carbocycles. The van der Waals surface area contributed by atoms with Crippen molar-refractivity contribution in [1.29, 1.82) is 0 Å². The van der Waals surface area contributed by atoms with Gasteiger partial charge in [-0.25, -0.2) is 4.79 Å². The third-order valence-electron chi connectivity index (χ3n) is 1.23. The Balaban J connectivity index is 3.69. The lowest BCUT2D eigenvalue weighted by Crippen LogP contribution is -2.33. The van der Waals surface area contributed by atoms with Gasteiger partial charge in [0.2, 0.25) is 0 Å². The third-order valence-corrected chi connectivity index (χ3v) is 1.87. The highest BCUT2D eigenvalue weighted by molar-refractivity contribution is 7.98. The second-order valence-electron chi connectivity index (χ2n) is 2.04. The molecule has 0 amide bonds. The molecule has 0 aromatic heterocycles. The van der Waals surface area contributed by atoms with Crippen LogP contribution < -0.4 is 5.32 Å². The van der Waals surface area contributed by atoms with E-state index in [1.807, 2.05) is 6.26 Å². The van der Waals surface area contributed by atoms with Crippen LogP contribution in [0.1, 0.15) is 6.42 Å². The maximum Gasteiger partial charge on any atom is 0.326 e. The van der Waals surface area contributed by atoms with Crippen LogP contribution >= 0.6 is 11.8 Å². The van der Waals surface area contributed by atoms with Crippen LogP contribution in [0, 0.1) is 0 Å². The predicted octanol–water partition coefficient (Wildman–Crippen LogP) is 0.926. The molecule has 0 heterocycles. The largest absolute Gasteiger partial charge is 0.480 e. The Morgan fingerprint density at radius 1 is 1.91 bits per heavy atom. The van der Waals surface area contributed by atoms with Crippen molar-refractivity contribution in [1.82, 2.24) is 5.32 Å². The van der Waals surface area contributed by atoms with Crippen molar-refractivity contribution in [2.24, 2.45) is 0 Å². The molecule has 0 aliphatic rings. The third kappa shape index (κ3) is 4.72. The number of rotatable bonds is 6. The van der Waals surface area contributed by atoms with E-state index in [0.29, 0.717) is 6.42 Å². The molecular weight excluding hydrogens is 162 g/mol. The Kier molecular flexibility index (Phi) is 5.74. The predicted molar refractivity (Wildman–Crippen MR) is 47.8 cm³/mol. The highest BCUT2D eigenvalue weighted by Gasteiger charge is 2.13. The summed E-state index contributed by atoms with van der Waals surface area (Å²) in [6.45, 7) is 3.41. The molecule has 11 heavy (non-hydrogen) atoms. The van der Waals surface area contributed by atoms with Crippen LogP contribution in [0.15, 0.2) is 12.8 Å². The number of hydrogen-bond acceptors (Lipinski definition) is 3. The molecule has 64 valence electrons. The van der Waals surface area contributed by atoms with E-state index in [2.05, 4.69) is 11.9 Å². The van der Waals surface area contributed by atoms with Gasteiger partial charge < -0.3 is 10.4 Å². The van der Waals surface area contributed by atoms with E-state index in [9.17, 15) is 4.79 Å². The molecule has 0 saturated heterocycles. The number of aliphatic carboxylic acids is 1. The Bertz CT molecular complexity index is 138. The van der Waals surface area contributed by atoms with Gasteiger partial charge in [-0.3, -0.25) is 0 Å². The van der Waals surface area contributed by atoms with Gasteiger partial charge >= 0.3 is 5.97 Å². The van der Waals surface area contributed by atoms with E-state index in [4.69, 9.17) is 5.11 Å². The van der Waals surface area contributed by atoms with Gasteiger partial charge in [-0.15, -0.1) is 0 Å². The molecule has 0 spiro atoms. The topological polar surface area (TPSA) is 49.3 Å². The summed E-state index contributed by atoms with van der Waals surface area (Å²) in [7, 11) is 0. The van der Waals surface area contributed by atoms with Crippen molar-refractivity contribution in [3.63, 3.8) is 0 Å². The Morgan fingerprint density at radius 2 is 2.55 bits per heavy atom. The number of hydrogen-bond donors (Lipinski definition) is 2. The van der Waals surface area contributed by atoms with Gasteiger partial charge in [-0.2, -0.15) is 11.8 Å². The Hall–Kier alpha value is -0.640. The smallest absolute Gasteiger partial charge is 0.326 e. The van der Waals surface area contributed by atoms with Crippen LogP contribution in [0.25, 0.3) is 0 Å². The summed E-state index contributed by atoms with van der Waals surface area (Å²) >= 11 is 1.64. The van der Waals surface area contributed by atoms with E-state index >= 15 is 0 Å². The number of carboxylic acids is 1. The van der Waals surface area contributed by atoms with Crippen LogP contribution in [0.3, 0.4) is 0 Å². The van der Waals surface area contributed by atoms with Crippen LogP contribution in [0.4, 0.5) is 0 Å². The van der Waals surface area contributed by atoms with Crippen LogP contribution in [-0.2, 0) is 4.79 Å². The second-order valence-corrected chi connectivity index (χ2v) is 3.03. The van der Waals surface area contributed by atoms with Crippen molar-refractivity contribution in [2.75, 3.05) is 12.0 Å². The summed E-state index contributed by atoms with van der Waals surface area (Å²) in [5, 5.41) is 11.3. The van der Waals surface area contributed by atoms with Gasteiger partial charge in [0.15, 0.2) is 0 Å². The number of nitrogens with one attached hydrogen (secondary N) is 1. The summed E-state index contributed by atoms with van der Waals surface area (Å²) in [5.41, 5.74) is 0. The fraction of sp³-hybridized carbons (Fsp3) is 0.571. The first-order valence-corrected chi connectivity index (χ1v) is 4.70. The van der Waals surface area contributed by atoms with Gasteiger partial charge in [0.1, 0.15) is 6.04 Å². The zero-order valence-corrected chi connectivity index (χ0v) is 7.36. The summed E-state index contributed by atoms with van der Waals surface area (Å²) in [4.78, 5) is 10.5. The lowest BCUT2D eigenvalue weighted by atomic mass is 10.2.